The highest BCUT2D eigenvalue weighted by atomic mass is 19.1. The van der Waals surface area contributed by atoms with Gasteiger partial charge in [0.05, 0.1) is 23.6 Å². The highest BCUT2D eigenvalue weighted by Gasteiger charge is 2.22. The number of anilines is 2. The van der Waals surface area contributed by atoms with E-state index in [0.717, 1.165) is 19.4 Å². The van der Waals surface area contributed by atoms with E-state index < -0.39 is 11.7 Å². The number of nitrogens with one attached hydrogen (secondary N) is 3. The van der Waals surface area contributed by atoms with Gasteiger partial charge >= 0.3 is 0 Å². The maximum atomic E-state index is 13.9. The average molecular weight is 331 g/mol. The van der Waals surface area contributed by atoms with Crippen LogP contribution in [0.5, 0.6) is 0 Å². The van der Waals surface area contributed by atoms with Crippen molar-refractivity contribution in [3.63, 3.8) is 0 Å². The van der Waals surface area contributed by atoms with E-state index >= 15 is 0 Å². The van der Waals surface area contributed by atoms with Crippen LogP contribution < -0.4 is 16.0 Å². The number of carbonyl (C=O) groups is 2. The molecule has 1 saturated heterocycles. The Kier molecular flexibility index (Phi) is 4.61. The minimum absolute atomic E-state index is 0.00205. The number of hydrogen-bond acceptors (Lipinski definition) is 4. The molecular weight excluding hydrogens is 313 g/mol. The third-order valence-electron chi connectivity index (χ3n) is 3.96. The summed E-state index contributed by atoms with van der Waals surface area (Å²) in [7, 11) is 0. The molecule has 0 aliphatic carbocycles. The van der Waals surface area contributed by atoms with Crippen LogP contribution in [0.1, 0.15) is 29.0 Å². The molecule has 3 rings (SSSR count). The first-order valence-corrected chi connectivity index (χ1v) is 7.74. The molecule has 2 heterocycles. The predicted octanol–water partition coefficient (Wildman–Crippen LogP) is 2.67. The molecule has 0 radical (unpaired) electrons. The normalized spacial score (nSPS) is 16.8. The van der Waals surface area contributed by atoms with Crippen molar-refractivity contribution in [1.82, 2.24) is 5.32 Å². The van der Waals surface area contributed by atoms with Gasteiger partial charge in [-0.2, -0.15) is 0 Å². The third kappa shape index (κ3) is 3.46. The van der Waals surface area contributed by atoms with Gasteiger partial charge in [0.15, 0.2) is 0 Å². The minimum Gasteiger partial charge on any atom is -0.469 e. The fraction of sp³-hybridized carbons (Fsp3) is 0.294. The summed E-state index contributed by atoms with van der Waals surface area (Å²) in [5, 5.41) is 8.32. The average Bonchev–Trinajstić information content (AvgIpc) is 3.21. The number of furan rings is 1. The quantitative estimate of drug-likeness (QED) is 0.804. The van der Waals surface area contributed by atoms with Gasteiger partial charge in [-0.3, -0.25) is 9.59 Å². The number of hydrogen-bond donors (Lipinski definition) is 3. The van der Waals surface area contributed by atoms with Gasteiger partial charge in [0, 0.05) is 5.69 Å². The molecule has 2 aromatic rings. The molecule has 6 nitrogen and oxygen atoms in total. The number of aryl methyl sites for hydroxylation is 1. The zero-order valence-corrected chi connectivity index (χ0v) is 13.2. The number of rotatable bonds is 4. The zero-order valence-electron chi connectivity index (χ0n) is 13.2. The summed E-state index contributed by atoms with van der Waals surface area (Å²) < 4.78 is 19.0. The Morgan fingerprint density at radius 2 is 2.12 bits per heavy atom. The van der Waals surface area contributed by atoms with E-state index in [9.17, 15) is 14.0 Å². The number of benzene rings is 1. The molecule has 1 aromatic carbocycles. The van der Waals surface area contributed by atoms with Crippen LogP contribution in [-0.4, -0.2) is 24.4 Å². The largest absolute Gasteiger partial charge is 0.469 e. The van der Waals surface area contributed by atoms with Crippen molar-refractivity contribution in [2.24, 2.45) is 0 Å². The van der Waals surface area contributed by atoms with Crippen LogP contribution in [0.4, 0.5) is 15.8 Å². The number of halogens is 1. The fourth-order valence-electron chi connectivity index (χ4n) is 2.65. The van der Waals surface area contributed by atoms with Gasteiger partial charge in [0.25, 0.3) is 5.91 Å². The highest BCUT2D eigenvalue weighted by Crippen LogP contribution is 2.22. The Morgan fingerprint density at radius 1 is 1.29 bits per heavy atom. The van der Waals surface area contributed by atoms with Crippen molar-refractivity contribution in [3.8, 4) is 0 Å². The Balaban J connectivity index is 1.73. The van der Waals surface area contributed by atoms with Gasteiger partial charge in [-0.1, -0.05) is 0 Å². The van der Waals surface area contributed by atoms with Crippen LogP contribution in [0.15, 0.2) is 34.9 Å². The topological polar surface area (TPSA) is 83.4 Å². The lowest BCUT2D eigenvalue weighted by atomic mass is 10.2. The first-order valence-electron chi connectivity index (χ1n) is 7.74. The maximum absolute atomic E-state index is 13.9. The Labute approximate surface area is 138 Å². The second-order valence-electron chi connectivity index (χ2n) is 5.68. The van der Waals surface area contributed by atoms with Gasteiger partial charge in [0.2, 0.25) is 5.91 Å². The van der Waals surface area contributed by atoms with Crippen molar-refractivity contribution in [1.29, 1.82) is 0 Å². The zero-order chi connectivity index (χ0) is 17.1. The summed E-state index contributed by atoms with van der Waals surface area (Å²) in [4.78, 5) is 24.3. The minimum atomic E-state index is -0.582. The van der Waals surface area contributed by atoms with Gasteiger partial charge in [-0.05, 0) is 50.6 Å². The summed E-state index contributed by atoms with van der Waals surface area (Å²) in [6.45, 7) is 2.46. The summed E-state index contributed by atoms with van der Waals surface area (Å²) in [5.41, 5.74) is 0.756. The Bertz CT molecular complexity index is 766. The van der Waals surface area contributed by atoms with E-state index in [-0.39, 0.29) is 17.6 Å². The van der Waals surface area contributed by atoms with Crippen LogP contribution in [0, 0.1) is 12.7 Å². The molecule has 7 heteroatoms. The monoisotopic (exact) mass is 331 g/mol. The van der Waals surface area contributed by atoms with E-state index in [2.05, 4.69) is 16.0 Å². The third-order valence-corrected chi connectivity index (χ3v) is 3.96. The van der Waals surface area contributed by atoms with Crippen LogP contribution >= 0.6 is 0 Å². The molecule has 1 unspecified atom stereocenters. The molecule has 1 aromatic heterocycles. The Morgan fingerprint density at radius 3 is 2.79 bits per heavy atom. The van der Waals surface area contributed by atoms with Gasteiger partial charge in [0.1, 0.15) is 11.6 Å². The van der Waals surface area contributed by atoms with Crippen molar-refractivity contribution < 1.29 is 18.4 Å². The maximum Gasteiger partial charge on any atom is 0.259 e. The predicted molar refractivity (Wildman–Crippen MR) is 87.5 cm³/mol. The number of carbonyl (C=O) groups excluding carboxylic acids is 2. The lowest BCUT2D eigenvalue weighted by Gasteiger charge is -2.13. The van der Waals surface area contributed by atoms with Crippen molar-refractivity contribution in [2.45, 2.75) is 25.8 Å². The Hall–Kier alpha value is -2.67. The summed E-state index contributed by atoms with van der Waals surface area (Å²) >= 11 is 0. The molecule has 1 atom stereocenters. The lowest BCUT2D eigenvalue weighted by Crippen LogP contribution is -2.35. The summed E-state index contributed by atoms with van der Waals surface area (Å²) in [6, 6.07) is 5.34. The van der Waals surface area contributed by atoms with Gasteiger partial charge in [-0.15, -0.1) is 0 Å². The summed E-state index contributed by atoms with van der Waals surface area (Å²) in [5.74, 6) is -0.769. The smallest absolute Gasteiger partial charge is 0.259 e. The molecule has 126 valence electrons. The lowest BCUT2D eigenvalue weighted by molar-refractivity contribution is -0.117. The first kappa shape index (κ1) is 16.2. The van der Waals surface area contributed by atoms with Crippen LogP contribution in [-0.2, 0) is 4.79 Å². The SMILES string of the molecule is Cc1occc1C(=O)Nc1cc(NC(=O)C2CCCN2)ccc1F. The standard InChI is InChI=1S/C17H18FN3O3/c1-10-12(6-8-24-10)16(22)21-15-9-11(4-5-13(15)18)20-17(23)14-3-2-7-19-14/h4-6,8-9,14,19H,2-3,7H2,1H3,(H,20,23)(H,21,22). The van der Waals surface area contributed by atoms with Crippen molar-refractivity contribution in [3.05, 3.63) is 47.7 Å². The molecule has 24 heavy (non-hydrogen) atoms. The van der Waals surface area contributed by atoms with Gasteiger partial charge < -0.3 is 20.4 Å². The first-order chi connectivity index (χ1) is 11.5. The van der Waals surface area contributed by atoms with E-state index in [4.69, 9.17) is 4.42 Å². The molecule has 3 N–H and O–H groups in total. The molecular formula is C17H18FN3O3. The second-order valence-corrected chi connectivity index (χ2v) is 5.68. The molecule has 0 saturated carbocycles. The highest BCUT2D eigenvalue weighted by molar-refractivity contribution is 6.05. The van der Waals surface area contributed by atoms with E-state index in [0.29, 0.717) is 17.0 Å². The molecule has 2 amide bonds. The van der Waals surface area contributed by atoms with E-state index in [1.54, 1.807) is 6.92 Å². The molecule has 1 fully saturated rings. The molecule has 0 spiro atoms. The van der Waals surface area contributed by atoms with Gasteiger partial charge in [-0.25, -0.2) is 4.39 Å². The fourth-order valence-corrected chi connectivity index (χ4v) is 2.65. The van der Waals surface area contributed by atoms with Crippen LogP contribution in [0.2, 0.25) is 0 Å². The van der Waals surface area contributed by atoms with Crippen molar-refractivity contribution >= 4 is 23.2 Å². The van der Waals surface area contributed by atoms with E-state index in [1.165, 1.54) is 30.5 Å². The number of amides is 2. The molecule has 1 aliphatic heterocycles. The molecule has 1 aliphatic rings. The van der Waals surface area contributed by atoms with Crippen LogP contribution in [0.3, 0.4) is 0 Å². The second kappa shape index (κ2) is 6.84. The van der Waals surface area contributed by atoms with E-state index in [1.807, 2.05) is 0 Å². The molecule has 0 bridgehead atoms. The summed E-state index contributed by atoms with van der Waals surface area (Å²) in [6.07, 6.45) is 3.12. The van der Waals surface area contributed by atoms with Crippen molar-refractivity contribution in [2.75, 3.05) is 17.2 Å². The van der Waals surface area contributed by atoms with Crippen LogP contribution in [0.25, 0.3) is 0 Å².